The minimum atomic E-state index is 0.565. The van der Waals surface area contributed by atoms with Gasteiger partial charge in [-0.25, -0.2) is 0 Å². The highest BCUT2D eigenvalue weighted by Gasteiger charge is 2.05. The van der Waals surface area contributed by atoms with Gasteiger partial charge in [0.2, 0.25) is 0 Å². The van der Waals surface area contributed by atoms with Crippen molar-refractivity contribution in [2.45, 2.75) is 26.4 Å². The van der Waals surface area contributed by atoms with Gasteiger partial charge in [0, 0.05) is 24.8 Å². The Labute approximate surface area is 95.9 Å². The highest BCUT2D eigenvalue weighted by molar-refractivity contribution is 5.65. The molecule has 1 aromatic carbocycles. The summed E-state index contributed by atoms with van der Waals surface area (Å²) in [6, 6.07) is 8.20. The molecule has 0 aliphatic heterocycles. The lowest BCUT2D eigenvalue weighted by Gasteiger charge is -2.04. The molecule has 0 atom stereocenters. The second-order valence-electron chi connectivity index (χ2n) is 3.85. The number of aryl methyl sites for hydroxylation is 1. The summed E-state index contributed by atoms with van der Waals surface area (Å²) in [6.07, 6.45) is 5.09. The number of hydrogen-bond donors (Lipinski definition) is 1. The molecule has 2 rings (SSSR count). The third-order valence-electron chi connectivity index (χ3n) is 2.63. The summed E-state index contributed by atoms with van der Waals surface area (Å²) in [5, 5.41) is 4.33. The van der Waals surface area contributed by atoms with Gasteiger partial charge in [-0.05, 0) is 17.5 Å². The van der Waals surface area contributed by atoms with Gasteiger partial charge in [0.1, 0.15) is 0 Å². The van der Waals surface area contributed by atoms with Crippen molar-refractivity contribution in [1.29, 1.82) is 0 Å². The fraction of sp³-hybridized carbons (Fsp3) is 0.308. The van der Waals surface area contributed by atoms with Crippen LogP contribution in [-0.2, 0) is 13.1 Å². The van der Waals surface area contributed by atoms with Gasteiger partial charge in [-0.1, -0.05) is 31.2 Å². The van der Waals surface area contributed by atoms with Gasteiger partial charge in [0.25, 0.3) is 0 Å². The quantitative estimate of drug-likeness (QED) is 0.851. The monoisotopic (exact) mass is 215 g/mol. The van der Waals surface area contributed by atoms with Crippen LogP contribution < -0.4 is 5.73 Å². The normalized spacial score (nSPS) is 10.6. The van der Waals surface area contributed by atoms with E-state index in [9.17, 15) is 0 Å². The Hall–Kier alpha value is -1.61. The van der Waals surface area contributed by atoms with Crippen molar-refractivity contribution in [1.82, 2.24) is 9.78 Å². The predicted octanol–water partition coefficient (Wildman–Crippen LogP) is 2.42. The SMILES string of the molecule is CCCn1cc(-c2ccccc2CN)cn1. The molecule has 16 heavy (non-hydrogen) atoms. The number of rotatable bonds is 4. The molecule has 0 spiro atoms. The van der Waals surface area contributed by atoms with Crippen molar-refractivity contribution in [3.63, 3.8) is 0 Å². The largest absolute Gasteiger partial charge is 0.326 e. The van der Waals surface area contributed by atoms with Gasteiger partial charge in [-0.15, -0.1) is 0 Å². The first kappa shape index (κ1) is 10.9. The van der Waals surface area contributed by atoms with Crippen molar-refractivity contribution in [2.24, 2.45) is 5.73 Å². The van der Waals surface area contributed by atoms with Crippen LogP contribution in [0.3, 0.4) is 0 Å². The second kappa shape index (κ2) is 4.94. The number of nitrogens with two attached hydrogens (primary N) is 1. The van der Waals surface area contributed by atoms with Crippen molar-refractivity contribution in [2.75, 3.05) is 0 Å². The van der Waals surface area contributed by atoms with E-state index in [0.717, 1.165) is 18.5 Å². The molecule has 0 bridgehead atoms. The van der Waals surface area contributed by atoms with Crippen LogP contribution in [0.1, 0.15) is 18.9 Å². The molecule has 0 unspecified atom stereocenters. The Morgan fingerprint density at radius 3 is 2.88 bits per heavy atom. The molecule has 2 N–H and O–H groups in total. The Morgan fingerprint density at radius 2 is 2.12 bits per heavy atom. The summed E-state index contributed by atoms with van der Waals surface area (Å²) < 4.78 is 1.97. The lowest BCUT2D eigenvalue weighted by Crippen LogP contribution is -1.98. The van der Waals surface area contributed by atoms with E-state index in [1.807, 2.05) is 23.0 Å². The third-order valence-corrected chi connectivity index (χ3v) is 2.63. The molecule has 0 saturated heterocycles. The van der Waals surface area contributed by atoms with Gasteiger partial charge < -0.3 is 5.73 Å². The standard InChI is InChI=1S/C13H17N3/c1-2-7-16-10-12(9-15-16)13-6-4-3-5-11(13)8-14/h3-6,9-10H,2,7-8,14H2,1H3. The molecule has 0 saturated carbocycles. The molecule has 2 aromatic rings. The van der Waals surface area contributed by atoms with E-state index >= 15 is 0 Å². The molecule has 1 aromatic heterocycles. The fourth-order valence-corrected chi connectivity index (χ4v) is 1.83. The maximum absolute atomic E-state index is 5.73. The zero-order chi connectivity index (χ0) is 11.4. The third kappa shape index (κ3) is 2.14. The first-order valence-electron chi connectivity index (χ1n) is 5.66. The average Bonchev–Trinajstić information content (AvgIpc) is 2.78. The van der Waals surface area contributed by atoms with E-state index in [1.54, 1.807) is 0 Å². The highest BCUT2D eigenvalue weighted by atomic mass is 15.3. The molecule has 0 fully saturated rings. The van der Waals surface area contributed by atoms with Crippen molar-refractivity contribution in [3.8, 4) is 11.1 Å². The number of nitrogens with zero attached hydrogens (tertiary/aromatic N) is 2. The summed E-state index contributed by atoms with van der Waals surface area (Å²) in [5.41, 5.74) is 9.23. The second-order valence-corrected chi connectivity index (χ2v) is 3.85. The first-order valence-corrected chi connectivity index (χ1v) is 5.66. The van der Waals surface area contributed by atoms with Crippen LogP contribution in [0.5, 0.6) is 0 Å². The van der Waals surface area contributed by atoms with Crippen LogP contribution in [0.15, 0.2) is 36.7 Å². The van der Waals surface area contributed by atoms with Gasteiger partial charge in [-0.2, -0.15) is 5.10 Å². The smallest absolute Gasteiger partial charge is 0.0568 e. The Balaban J connectivity index is 2.34. The fourth-order valence-electron chi connectivity index (χ4n) is 1.83. The molecule has 3 heteroatoms. The zero-order valence-corrected chi connectivity index (χ0v) is 9.56. The molecule has 0 amide bonds. The molecule has 0 aliphatic rings. The van der Waals surface area contributed by atoms with E-state index in [1.165, 1.54) is 11.1 Å². The lowest BCUT2D eigenvalue weighted by molar-refractivity contribution is 0.603. The van der Waals surface area contributed by atoms with Gasteiger partial charge >= 0.3 is 0 Å². The topological polar surface area (TPSA) is 43.8 Å². The summed E-state index contributed by atoms with van der Waals surface area (Å²) in [4.78, 5) is 0. The van der Waals surface area contributed by atoms with Crippen molar-refractivity contribution >= 4 is 0 Å². The van der Waals surface area contributed by atoms with Crippen LogP contribution in [0, 0.1) is 0 Å². The minimum absolute atomic E-state index is 0.565. The summed E-state index contributed by atoms with van der Waals surface area (Å²) in [7, 11) is 0. The van der Waals surface area contributed by atoms with Crippen LogP contribution in [0.25, 0.3) is 11.1 Å². The molecular weight excluding hydrogens is 198 g/mol. The predicted molar refractivity (Wildman–Crippen MR) is 65.8 cm³/mol. The van der Waals surface area contributed by atoms with Gasteiger partial charge in [0.05, 0.1) is 6.20 Å². The van der Waals surface area contributed by atoms with Crippen molar-refractivity contribution < 1.29 is 0 Å². The van der Waals surface area contributed by atoms with E-state index in [4.69, 9.17) is 5.73 Å². The Bertz CT molecular complexity index is 460. The summed E-state index contributed by atoms with van der Waals surface area (Å²) in [6.45, 7) is 3.68. The maximum Gasteiger partial charge on any atom is 0.0568 e. The van der Waals surface area contributed by atoms with Crippen LogP contribution in [-0.4, -0.2) is 9.78 Å². The maximum atomic E-state index is 5.73. The highest BCUT2D eigenvalue weighted by Crippen LogP contribution is 2.22. The molecule has 84 valence electrons. The van der Waals surface area contributed by atoms with Crippen molar-refractivity contribution in [3.05, 3.63) is 42.2 Å². The molecule has 0 aliphatic carbocycles. The van der Waals surface area contributed by atoms with Crippen LogP contribution >= 0.6 is 0 Å². The van der Waals surface area contributed by atoms with E-state index in [0.29, 0.717) is 6.54 Å². The summed E-state index contributed by atoms with van der Waals surface area (Å²) in [5.74, 6) is 0. The number of benzene rings is 1. The Morgan fingerprint density at radius 1 is 1.31 bits per heavy atom. The number of aromatic nitrogens is 2. The van der Waals surface area contributed by atoms with E-state index < -0.39 is 0 Å². The lowest BCUT2D eigenvalue weighted by atomic mass is 10.0. The van der Waals surface area contributed by atoms with E-state index in [-0.39, 0.29) is 0 Å². The molecule has 3 nitrogen and oxygen atoms in total. The summed E-state index contributed by atoms with van der Waals surface area (Å²) >= 11 is 0. The first-order chi connectivity index (χ1) is 7.85. The molecule has 1 heterocycles. The van der Waals surface area contributed by atoms with Crippen LogP contribution in [0.2, 0.25) is 0 Å². The zero-order valence-electron chi connectivity index (χ0n) is 9.56. The molecular formula is C13H17N3. The van der Waals surface area contributed by atoms with Gasteiger partial charge in [-0.3, -0.25) is 4.68 Å². The average molecular weight is 215 g/mol. The van der Waals surface area contributed by atoms with Crippen LogP contribution in [0.4, 0.5) is 0 Å². The number of hydrogen-bond acceptors (Lipinski definition) is 2. The Kier molecular flexibility index (Phi) is 3.37. The van der Waals surface area contributed by atoms with E-state index in [2.05, 4.69) is 30.4 Å². The van der Waals surface area contributed by atoms with Gasteiger partial charge in [0.15, 0.2) is 0 Å². The molecule has 0 radical (unpaired) electrons. The minimum Gasteiger partial charge on any atom is -0.326 e.